The molecule has 0 fully saturated rings. The third kappa shape index (κ3) is 5.41. The zero-order chi connectivity index (χ0) is 12.4. The fraction of sp³-hybridized carbons (Fsp3) is 0.778. The minimum absolute atomic E-state index is 0.0122. The van der Waals surface area contributed by atoms with Crippen molar-refractivity contribution in [2.75, 3.05) is 0 Å². The fourth-order valence-electron chi connectivity index (χ4n) is 0.943. The summed E-state index contributed by atoms with van der Waals surface area (Å²) in [6.07, 6.45) is -5.21. The number of nitrogens with zero attached hydrogens (tertiary/aromatic N) is 2. The van der Waals surface area contributed by atoms with Gasteiger partial charge in [-0.25, -0.2) is 0 Å². The van der Waals surface area contributed by atoms with Crippen LogP contribution in [0.1, 0.15) is 30.8 Å². The number of hydrogen-bond acceptors (Lipinski definition) is 4. The first-order valence-electron chi connectivity index (χ1n) is 4.79. The molecule has 1 aromatic rings. The molecule has 3 nitrogen and oxygen atoms in total. The molecule has 0 aliphatic heterocycles. The van der Waals surface area contributed by atoms with Crippen LogP contribution < -0.4 is 5.32 Å². The Morgan fingerprint density at radius 3 is 2.19 bits per heavy atom. The van der Waals surface area contributed by atoms with Crippen molar-refractivity contribution >= 4 is 11.3 Å². The van der Waals surface area contributed by atoms with E-state index in [1.807, 2.05) is 20.8 Å². The molecule has 0 atom stereocenters. The van der Waals surface area contributed by atoms with E-state index in [1.165, 1.54) is 0 Å². The summed E-state index contributed by atoms with van der Waals surface area (Å²) in [7, 11) is 0. The summed E-state index contributed by atoms with van der Waals surface area (Å²) in [6.45, 7) is 6.37. The maximum Gasteiger partial charge on any atom is 0.395 e. The molecular weight excluding hydrogens is 239 g/mol. The van der Waals surface area contributed by atoms with Gasteiger partial charge in [0, 0.05) is 5.54 Å². The molecule has 16 heavy (non-hydrogen) atoms. The van der Waals surface area contributed by atoms with Crippen molar-refractivity contribution in [3.05, 3.63) is 10.0 Å². The molecule has 1 rings (SSSR count). The van der Waals surface area contributed by atoms with Gasteiger partial charge in [0.2, 0.25) is 0 Å². The first-order valence-corrected chi connectivity index (χ1v) is 5.60. The Hall–Kier alpha value is -0.690. The molecule has 0 aliphatic rings. The van der Waals surface area contributed by atoms with E-state index in [4.69, 9.17) is 0 Å². The summed E-state index contributed by atoms with van der Waals surface area (Å²) < 4.78 is 36.1. The van der Waals surface area contributed by atoms with Crippen molar-refractivity contribution in [2.45, 2.75) is 45.5 Å². The van der Waals surface area contributed by atoms with E-state index in [1.54, 1.807) is 0 Å². The van der Waals surface area contributed by atoms with Gasteiger partial charge >= 0.3 is 6.18 Å². The molecule has 1 heterocycles. The van der Waals surface area contributed by atoms with E-state index >= 15 is 0 Å². The van der Waals surface area contributed by atoms with Gasteiger partial charge in [0.05, 0.1) is 13.0 Å². The monoisotopic (exact) mass is 253 g/mol. The van der Waals surface area contributed by atoms with Crippen LogP contribution in [0.15, 0.2) is 0 Å². The molecule has 0 amide bonds. The van der Waals surface area contributed by atoms with Gasteiger partial charge in [0.15, 0.2) is 0 Å². The topological polar surface area (TPSA) is 37.8 Å². The van der Waals surface area contributed by atoms with Crippen molar-refractivity contribution in [3.63, 3.8) is 0 Å². The molecule has 92 valence electrons. The highest BCUT2D eigenvalue weighted by Gasteiger charge is 2.29. The number of aromatic nitrogens is 2. The lowest BCUT2D eigenvalue weighted by molar-refractivity contribution is -0.127. The summed E-state index contributed by atoms with van der Waals surface area (Å²) in [4.78, 5) is 0. The average Bonchev–Trinajstić information content (AvgIpc) is 2.44. The van der Waals surface area contributed by atoms with Gasteiger partial charge in [-0.15, -0.1) is 10.2 Å². The molecule has 1 N–H and O–H groups in total. The maximum atomic E-state index is 12.0. The van der Waals surface area contributed by atoms with Gasteiger partial charge in [0.1, 0.15) is 10.0 Å². The van der Waals surface area contributed by atoms with Crippen molar-refractivity contribution in [3.8, 4) is 0 Å². The van der Waals surface area contributed by atoms with E-state index in [-0.39, 0.29) is 10.5 Å². The summed E-state index contributed by atoms with van der Waals surface area (Å²) >= 11 is 0.996. The molecule has 0 saturated carbocycles. The molecule has 0 saturated heterocycles. The Morgan fingerprint density at radius 2 is 1.69 bits per heavy atom. The summed E-state index contributed by atoms with van der Waals surface area (Å²) in [5.41, 5.74) is -0.0874. The molecular formula is C9H14F3N3S. The van der Waals surface area contributed by atoms with Gasteiger partial charge in [-0.05, 0) is 20.8 Å². The second-order valence-electron chi connectivity index (χ2n) is 4.49. The third-order valence-electron chi connectivity index (χ3n) is 1.63. The Bertz CT molecular complexity index is 341. The summed E-state index contributed by atoms with van der Waals surface area (Å²) in [6, 6.07) is 0. The predicted octanol–water partition coefficient (Wildman–Crippen LogP) is 2.53. The van der Waals surface area contributed by atoms with E-state index in [9.17, 15) is 13.2 Å². The molecule has 0 radical (unpaired) electrons. The number of nitrogens with one attached hydrogen (secondary N) is 1. The van der Waals surface area contributed by atoms with Crippen LogP contribution in [0, 0.1) is 0 Å². The molecule has 1 aromatic heterocycles. The van der Waals surface area contributed by atoms with Gasteiger partial charge in [0.25, 0.3) is 0 Å². The smallest absolute Gasteiger partial charge is 0.306 e. The van der Waals surface area contributed by atoms with E-state index in [2.05, 4.69) is 15.5 Å². The SMILES string of the molecule is CC(C)(C)NCc1nnc(CC(F)(F)F)s1. The lowest BCUT2D eigenvalue weighted by Gasteiger charge is -2.19. The standard InChI is InChI=1S/C9H14F3N3S/c1-8(2,3)13-5-7-15-14-6(16-7)4-9(10,11)12/h13H,4-5H2,1-3H3. The minimum atomic E-state index is -4.21. The van der Waals surface area contributed by atoms with E-state index in [0.29, 0.717) is 11.6 Å². The van der Waals surface area contributed by atoms with Crippen molar-refractivity contribution < 1.29 is 13.2 Å². The number of alkyl halides is 3. The minimum Gasteiger partial charge on any atom is -0.306 e. The highest BCUT2D eigenvalue weighted by molar-refractivity contribution is 7.11. The van der Waals surface area contributed by atoms with Crippen LogP contribution in [0.2, 0.25) is 0 Å². The highest BCUT2D eigenvalue weighted by Crippen LogP contribution is 2.23. The van der Waals surface area contributed by atoms with Crippen LogP contribution in [0.5, 0.6) is 0 Å². The molecule has 0 aliphatic carbocycles. The zero-order valence-electron chi connectivity index (χ0n) is 9.35. The van der Waals surface area contributed by atoms with Gasteiger partial charge in [-0.2, -0.15) is 13.2 Å². The Labute approximate surface area is 96.1 Å². The first-order chi connectivity index (χ1) is 7.16. The average molecular weight is 253 g/mol. The van der Waals surface area contributed by atoms with Crippen LogP contribution >= 0.6 is 11.3 Å². The largest absolute Gasteiger partial charge is 0.395 e. The van der Waals surface area contributed by atoms with Crippen LogP contribution in [0.3, 0.4) is 0 Å². The Kier molecular flexibility index (Phi) is 3.90. The van der Waals surface area contributed by atoms with Crippen molar-refractivity contribution in [1.29, 1.82) is 0 Å². The summed E-state index contributed by atoms with van der Waals surface area (Å²) in [5, 5.41) is 11.0. The lowest BCUT2D eigenvalue weighted by atomic mass is 10.1. The first kappa shape index (κ1) is 13.4. The van der Waals surface area contributed by atoms with Crippen LogP contribution in [0.25, 0.3) is 0 Å². The summed E-state index contributed by atoms with van der Waals surface area (Å²) in [5.74, 6) is 0. The maximum absolute atomic E-state index is 12.0. The van der Waals surface area contributed by atoms with Gasteiger partial charge < -0.3 is 5.32 Å². The highest BCUT2D eigenvalue weighted by atomic mass is 32.1. The number of hydrogen-bond donors (Lipinski definition) is 1. The predicted molar refractivity (Wildman–Crippen MR) is 56.3 cm³/mol. The molecule has 0 aromatic carbocycles. The van der Waals surface area contributed by atoms with Crippen molar-refractivity contribution in [2.24, 2.45) is 0 Å². The number of halogens is 3. The second-order valence-corrected chi connectivity index (χ2v) is 5.63. The number of rotatable bonds is 3. The second kappa shape index (κ2) is 4.67. The Balaban J connectivity index is 2.52. The Morgan fingerprint density at radius 1 is 1.12 bits per heavy atom. The molecule has 7 heteroatoms. The quantitative estimate of drug-likeness (QED) is 0.899. The van der Waals surface area contributed by atoms with Crippen LogP contribution in [0.4, 0.5) is 13.2 Å². The molecule has 0 bridgehead atoms. The lowest BCUT2D eigenvalue weighted by Crippen LogP contribution is -2.35. The van der Waals surface area contributed by atoms with Crippen molar-refractivity contribution in [1.82, 2.24) is 15.5 Å². The van der Waals surface area contributed by atoms with E-state index < -0.39 is 12.6 Å². The molecule has 0 unspecified atom stereocenters. The van der Waals surface area contributed by atoms with E-state index in [0.717, 1.165) is 11.3 Å². The normalized spacial score (nSPS) is 13.1. The van der Waals surface area contributed by atoms with Gasteiger partial charge in [-0.3, -0.25) is 0 Å². The van der Waals surface area contributed by atoms with Crippen LogP contribution in [-0.2, 0) is 13.0 Å². The zero-order valence-corrected chi connectivity index (χ0v) is 10.2. The van der Waals surface area contributed by atoms with Crippen LogP contribution in [-0.4, -0.2) is 21.9 Å². The van der Waals surface area contributed by atoms with Gasteiger partial charge in [-0.1, -0.05) is 11.3 Å². The molecule has 0 spiro atoms. The third-order valence-corrected chi connectivity index (χ3v) is 2.55. The fourth-order valence-corrected chi connectivity index (χ4v) is 1.76.